The number of hydrogen-bond donors (Lipinski definition) is 1. The number of anilines is 3. The van der Waals surface area contributed by atoms with E-state index in [4.69, 9.17) is 4.42 Å². The molecule has 0 bridgehead atoms. The number of nitrogens with one attached hydrogen (secondary N) is 1. The number of rotatable bonds is 2. The van der Waals surface area contributed by atoms with Crippen LogP contribution in [0.1, 0.15) is 10.6 Å². The van der Waals surface area contributed by atoms with Gasteiger partial charge in [0.2, 0.25) is 0 Å². The van der Waals surface area contributed by atoms with Gasteiger partial charge in [0.25, 0.3) is 5.91 Å². The lowest BCUT2D eigenvalue weighted by Crippen LogP contribution is -2.32. The maximum absolute atomic E-state index is 12.4. The van der Waals surface area contributed by atoms with Crippen LogP contribution < -0.4 is 13.9 Å². The largest absolute Gasteiger partial charge is 0.451 e. The van der Waals surface area contributed by atoms with Gasteiger partial charge in [-0.1, -0.05) is 18.2 Å². The van der Waals surface area contributed by atoms with Gasteiger partial charge < -0.3 is 9.73 Å². The molecule has 0 spiro atoms. The molecule has 0 saturated heterocycles. The molecular weight excluding hydrogens is 342 g/mol. The van der Waals surface area contributed by atoms with Gasteiger partial charge in [-0.3, -0.25) is 13.4 Å². The van der Waals surface area contributed by atoms with Crippen LogP contribution in [0.2, 0.25) is 0 Å². The number of amides is 1. The van der Waals surface area contributed by atoms with Crippen LogP contribution in [-0.4, -0.2) is 28.4 Å². The minimum absolute atomic E-state index is 0.194. The number of carbonyl (C=O) groups is 1. The Labute approximate surface area is 144 Å². The highest BCUT2D eigenvalue weighted by molar-refractivity contribution is 7.94. The first kappa shape index (κ1) is 15.5. The summed E-state index contributed by atoms with van der Waals surface area (Å²) in [4.78, 5) is 12.4. The van der Waals surface area contributed by atoms with Crippen LogP contribution in [0.15, 0.2) is 52.9 Å². The fourth-order valence-electron chi connectivity index (χ4n) is 2.84. The zero-order chi connectivity index (χ0) is 17.8. The highest BCUT2D eigenvalue weighted by Gasteiger charge is 2.35. The fourth-order valence-corrected chi connectivity index (χ4v) is 4.00. The second-order valence-electron chi connectivity index (χ2n) is 5.75. The number of benzene rings is 2. The Balaban J connectivity index is 1.64. The number of hydrogen-bond acceptors (Lipinski definition) is 4. The van der Waals surface area contributed by atoms with Crippen molar-refractivity contribution in [2.24, 2.45) is 0 Å². The molecule has 0 saturated carbocycles. The molecule has 0 fully saturated rings. The zero-order valence-corrected chi connectivity index (χ0v) is 14.4. The molecule has 0 unspecified atom stereocenters. The molecule has 0 atom stereocenters. The van der Waals surface area contributed by atoms with Gasteiger partial charge in [-0.15, -0.1) is 0 Å². The standard InChI is InChI=1S/C17H15N3O4S/c1-19-13-8-7-12(10-14(13)20(2)25(19,22)23)18-17(21)16-9-11-5-3-4-6-15(11)24-16/h3-10H,1-2H3,(H,18,21). The Morgan fingerprint density at radius 3 is 2.48 bits per heavy atom. The van der Waals surface area contributed by atoms with Crippen molar-refractivity contribution in [2.75, 3.05) is 28.0 Å². The van der Waals surface area contributed by atoms with Crippen LogP contribution in [0, 0.1) is 0 Å². The average Bonchev–Trinajstić information content (AvgIpc) is 3.10. The number of fused-ring (bicyclic) bond motifs is 2. The van der Waals surface area contributed by atoms with Crippen molar-refractivity contribution >= 4 is 44.1 Å². The lowest BCUT2D eigenvalue weighted by molar-refractivity contribution is 0.0998. The van der Waals surface area contributed by atoms with Gasteiger partial charge in [0.05, 0.1) is 11.4 Å². The van der Waals surface area contributed by atoms with Gasteiger partial charge in [-0.2, -0.15) is 8.42 Å². The predicted octanol–water partition coefficient (Wildman–Crippen LogP) is 2.82. The molecule has 1 aromatic heterocycles. The Bertz CT molecular complexity index is 1070. The van der Waals surface area contributed by atoms with Crippen molar-refractivity contribution in [2.45, 2.75) is 0 Å². The highest BCUT2D eigenvalue weighted by Crippen LogP contribution is 2.40. The molecule has 2 heterocycles. The molecule has 1 N–H and O–H groups in total. The monoisotopic (exact) mass is 357 g/mol. The summed E-state index contributed by atoms with van der Waals surface area (Å²) in [5.74, 6) is -0.201. The van der Waals surface area contributed by atoms with Crippen molar-refractivity contribution < 1.29 is 17.6 Å². The molecule has 1 amide bonds. The summed E-state index contributed by atoms with van der Waals surface area (Å²) < 4.78 is 32.2. The van der Waals surface area contributed by atoms with E-state index >= 15 is 0 Å². The number of nitrogens with zero attached hydrogens (tertiary/aromatic N) is 2. The summed E-state index contributed by atoms with van der Waals surface area (Å²) >= 11 is 0. The average molecular weight is 357 g/mol. The Kier molecular flexibility index (Phi) is 3.26. The molecule has 128 valence electrons. The smallest absolute Gasteiger partial charge is 0.326 e. The molecule has 0 radical (unpaired) electrons. The van der Waals surface area contributed by atoms with Crippen LogP contribution in [-0.2, 0) is 10.2 Å². The van der Waals surface area contributed by atoms with Crippen molar-refractivity contribution in [3.05, 3.63) is 54.3 Å². The van der Waals surface area contributed by atoms with Crippen molar-refractivity contribution in [3.63, 3.8) is 0 Å². The van der Waals surface area contributed by atoms with E-state index < -0.39 is 16.1 Å². The minimum atomic E-state index is -3.54. The van der Waals surface area contributed by atoms with E-state index in [2.05, 4.69) is 5.32 Å². The molecule has 1 aliphatic heterocycles. The third kappa shape index (κ3) is 2.33. The zero-order valence-electron chi connectivity index (χ0n) is 13.6. The van der Waals surface area contributed by atoms with Crippen LogP contribution in [0.25, 0.3) is 11.0 Å². The van der Waals surface area contributed by atoms with E-state index in [-0.39, 0.29) is 5.76 Å². The number of carbonyl (C=O) groups excluding carboxylic acids is 1. The van der Waals surface area contributed by atoms with Gasteiger partial charge >= 0.3 is 10.2 Å². The first-order valence-corrected chi connectivity index (χ1v) is 8.94. The van der Waals surface area contributed by atoms with Crippen LogP contribution in [0.5, 0.6) is 0 Å². The molecule has 8 heteroatoms. The molecule has 25 heavy (non-hydrogen) atoms. The van der Waals surface area contributed by atoms with Gasteiger partial charge in [0, 0.05) is 25.2 Å². The maximum atomic E-state index is 12.4. The summed E-state index contributed by atoms with van der Waals surface area (Å²) in [6.07, 6.45) is 0. The van der Waals surface area contributed by atoms with E-state index in [9.17, 15) is 13.2 Å². The predicted molar refractivity (Wildman–Crippen MR) is 96.3 cm³/mol. The van der Waals surface area contributed by atoms with E-state index in [1.54, 1.807) is 30.3 Å². The van der Waals surface area contributed by atoms with Crippen LogP contribution >= 0.6 is 0 Å². The van der Waals surface area contributed by atoms with Gasteiger partial charge in [0.15, 0.2) is 5.76 Å². The summed E-state index contributed by atoms with van der Waals surface area (Å²) in [5.41, 5.74) is 2.18. The Morgan fingerprint density at radius 1 is 1.00 bits per heavy atom. The van der Waals surface area contributed by atoms with E-state index in [0.717, 1.165) is 5.39 Å². The Hall–Kier alpha value is -3.00. The second kappa shape index (κ2) is 5.25. The van der Waals surface area contributed by atoms with E-state index in [1.807, 2.05) is 18.2 Å². The first-order chi connectivity index (χ1) is 11.9. The summed E-state index contributed by atoms with van der Waals surface area (Å²) in [6, 6.07) is 14.0. The molecule has 3 aromatic rings. The van der Waals surface area contributed by atoms with Gasteiger partial charge in [-0.05, 0) is 30.3 Å². The normalized spacial score (nSPS) is 15.4. The van der Waals surface area contributed by atoms with Crippen molar-refractivity contribution in [3.8, 4) is 0 Å². The van der Waals surface area contributed by atoms with E-state index in [0.29, 0.717) is 22.6 Å². The second-order valence-corrected chi connectivity index (χ2v) is 7.74. The lowest BCUT2D eigenvalue weighted by atomic mass is 10.2. The summed E-state index contributed by atoms with van der Waals surface area (Å²) in [7, 11) is -0.577. The SMILES string of the molecule is CN1c2ccc(NC(=O)c3cc4ccccc4o3)cc2N(C)S1(=O)=O. The topological polar surface area (TPSA) is 82.9 Å². The van der Waals surface area contributed by atoms with Crippen LogP contribution in [0.4, 0.5) is 17.1 Å². The third-order valence-corrected chi connectivity index (χ3v) is 6.03. The van der Waals surface area contributed by atoms with E-state index in [1.165, 1.54) is 22.7 Å². The van der Waals surface area contributed by atoms with Crippen molar-refractivity contribution in [1.82, 2.24) is 0 Å². The molecule has 7 nitrogen and oxygen atoms in total. The molecule has 4 rings (SSSR count). The minimum Gasteiger partial charge on any atom is -0.451 e. The lowest BCUT2D eigenvalue weighted by Gasteiger charge is -2.13. The van der Waals surface area contributed by atoms with Gasteiger partial charge in [0.1, 0.15) is 5.58 Å². The number of furan rings is 1. The van der Waals surface area contributed by atoms with Gasteiger partial charge in [-0.25, -0.2) is 0 Å². The molecule has 1 aliphatic rings. The summed E-state index contributed by atoms with van der Waals surface area (Å²) in [5, 5.41) is 3.58. The third-order valence-electron chi connectivity index (χ3n) is 4.25. The highest BCUT2D eigenvalue weighted by atomic mass is 32.2. The fraction of sp³-hybridized carbons (Fsp3) is 0.118. The molecule has 2 aromatic carbocycles. The summed E-state index contributed by atoms with van der Waals surface area (Å²) in [6.45, 7) is 0. The van der Waals surface area contributed by atoms with Crippen molar-refractivity contribution in [1.29, 1.82) is 0 Å². The molecular formula is C17H15N3O4S. The number of para-hydroxylation sites is 1. The maximum Gasteiger partial charge on any atom is 0.326 e. The first-order valence-electron chi connectivity index (χ1n) is 7.55. The van der Waals surface area contributed by atoms with Crippen LogP contribution in [0.3, 0.4) is 0 Å². The molecule has 0 aliphatic carbocycles. The quantitative estimate of drug-likeness (QED) is 0.764. The Morgan fingerprint density at radius 2 is 1.72 bits per heavy atom.